The minimum Gasteiger partial charge on any atom is -0.454 e. The van der Waals surface area contributed by atoms with Crippen molar-refractivity contribution in [3.8, 4) is 11.5 Å². The summed E-state index contributed by atoms with van der Waals surface area (Å²) < 4.78 is 23.9. The quantitative estimate of drug-likeness (QED) is 0.826. The molecule has 3 N–H and O–H groups in total. The predicted octanol–water partition coefficient (Wildman–Crippen LogP) is 3.53. The Bertz CT molecular complexity index is 649. The summed E-state index contributed by atoms with van der Waals surface area (Å²) in [6, 6.07) is 7.94. The van der Waals surface area contributed by atoms with Crippen molar-refractivity contribution in [3.05, 3.63) is 41.2 Å². The summed E-state index contributed by atoms with van der Waals surface area (Å²) in [6.45, 7) is 0.205. The van der Waals surface area contributed by atoms with Crippen molar-refractivity contribution >= 4 is 28.7 Å². The van der Waals surface area contributed by atoms with Crippen molar-refractivity contribution in [2.24, 2.45) is 0 Å². The Balaban J connectivity index is 1.91. The first-order valence-corrected chi connectivity index (χ1v) is 5.92. The zero-order valence-corrected chi connectivity index (χ0v) is 10.5. The molecule has 3 rings (SSSR count). The Hall–Kier alpha value is -2.14. The van der Waals surface area contributed by atoms with E-state index in [1.807, 2.05) is 0 Å². The standard InChI is InChI=1S/C13H10ClFN2O2/c14-8-4-10(16)11(5-9(8)15)17-7-1-2-12-13(3-7)19-6-18-12/h1-5,17H,6,16H2. The fourth-order valence-electron chi connectivity index (χ4n) is 1.80. The fourth-order valence-corrected chi connectivity index (χ4v) is 1.97. The third-order valence-electron chi connectivity index (χ3n) is 2.74. The van der Waals surface area contributed by atoms with E-state index in [1.165, 1.54) is 12.1 Å². The van der Waals surface area contributed by atoms with Crippen LogP contribution in [0.3, 0.4) is 0 Å². The van der Waals surface area contributed by atoms with Crippen molar-refractivity contribution in [1.82, 2.24) is 0 Å². The number of fused-ring (bicyclic) bond motifs is 1. The third-order valence-corrected chi connectivity index (χ3v) is 3.03. The van der Waals surface area contributed by atoms with Crippen molar-refractivity contribution in [2.75, 3.05) is 17.8 Å². The summed E-state index contributed by atoms with van der Waals surface area (Å²) in [6.07, 6.45) is 0. The molecule has 6 heteroatoms. The molecule has 4 nitrogen and oxygen atoms in total. The van der Waals surface area contributed by atoms with Crippen molar-refractivity contribution in [3.63, 3.8) is 0 Å². The first-order valence-electron chi connectivity index (χ1n) is 5.54. The van der Waals surface area contributed by atoms with E-state index in [4.69, 9.17) is 26.8 Å². The van der Waals surface area contributed by atoms with E-state index in [2.05, 4.69) is 5.32 Å². The van der Waals surface area contributed by atoms with Gasteiger partial charge in [0.15, 0.2) is 11.5 Å². The molecule has 0 fully saturated rings. The summed E-state index contributed by atoms with van der Waals surface area (Å²) in [5.41, 5.74) is 7.31. The first-order chi connectivity index (χ1) is 9.13. The maximum absolute atomic E-state index is 13.4. The Kier molecular flexibility index (Phi) is 2.83. The summed E-state index contributed by atoms with van der Waals surface area (Å²) in [7, 11) is 0. The average Bonchev–Trinajstić information content (AvgIpc) is 2.83. The van der Waals surface area contributed by atoms with Crippen LogP contribution in [0, 0.1) is 5.82 Å². The number of nitrogens with two attached hydrogens (primary N) is 1. The summed E-state index contributed by atoms with van der Waals surface area (Å²) >= 11 is 5.65. The molecule has 0 bridgehead atoms. The van der Waals surface area contributed by atoms with Crippen molar-refractivity contribution in [1.29, 1.82) is 0 Å². The zero-order valence-electron chi connectivity index (χ0n) is 9.74. The molecule has 0 spiro atoms. The van der Waals surface area contributed by atoms with Gasteiger partial charge in [0.2, 0.25) is 6.79 Å². The molecule has 0 saturated carbocycles. The topological polar surface area (TPSA) is 56.5 Å². The van der Waals surface area contributed by atoms with E-state index < -0.39 is 5.82 Å². The lowest BCUT2D eigenvalue weighted by molar-refractivity contribution is 0.174. The van der Waals surface area contributed by atoms with E-state index in [1.54, 1.807) is 18.2 Å². The van der Waals surface area contributed by atoms with Crippen LogP contribution in [0.25, 0.3) is 0 Å². The van der Waals surface area contributed by atoms with Crippen LogP contribution in [-0.2, 0) is 0 Å². The number of nitrogen functional groups attached to an aromatic ring is 1. The lowest BCUT2D eigenvalue weighted by Crippen LogP contribution is -1.97. The largest absolute Gasteiger partial charge is 0.454 e. The van der Waals surface area contributed by atoms with Crippen LogP contribution < -0.4 is 20.5 Å². The molecule has 0 saturated heterocycles. The Morgan fingerprint density at radius 3 is 2.79 bits per heavy atom. The molecule has 0 atom stereocenters. The molecule has 98 valence electrons. The van der Waals surface area contributed by atoms with Gasteiger partial charge in [0.05, 0.1) is 16.4 Å². The Labute approximate surface area is 113 Å². The molecule has 2 aromatic rings. The molecular formula is C13H10ClFN2O2. The number of nitrogens with one attached hydrogen (secondary N) is 1. The van der Waals surface area contributed by atoms with Crippen LogP contribution in [0.15, 0.2) is 30.3 Å². The number of rotatable bonds is 2. The van der Waals surface area contributed by atoms with Gasteiger partial charge in [-0.25, -0.2) is 4.39 Å². The van der Waals surface area contributed by atoms with Gasteiger partial charge in [-0.1, -0.05) is 11.6 Å². The molecule has 1 aliphatic heterocycles. The maximum Gasteiger partial charge on any atom is 0.231 e. The smallest absolute Gasteiger partial charge is 0.231 e. The second-order valence-electron chi connectivity index (χ2n) is 4.05. The molecule has 19 heavy (non-hydrogen) atoms. The highest BCUT2D eigenvalue weighted by Crippen LogP contribution is 2.36. The minimum absolute atomic E-state index is 0.00580. The SMILES string of the molecule is Nc1cc(Cl)c(F)cc1Nc1ccc2c(c1)OCO2. The van der Waals surface area contributed by atoms with Gasteiger partial charge in [0.1, 0.15) is 5.82 Å². The molecule has 0 aliphatic carbocycles. The minimum atomic E-state index is -0.529. The van der Waals surface area contributed by atoms with Crippen molar-refractivity contribution in [2.45, 2.75) is 0 Å². The van der Waals surface area contributed by atoms with Gasteiger partial charge < -0.3 is 20.5 Å². The molecular weight excluding hydrogens is 271 g/mol. The lowest BCUT2D eigenvalue weighted by atomic mass is 10.2. The van der Waals surface area contributed by atoms with Gasteiger partial charge in [-0.2, -0.15) is 0 Å². The number of anilines is 3. The van der Waals surface area contributed by atoms with Crippen LogP contribution in [0.5, 0.6) is 11.5 Å². The molecule has 0 unspecified atom stereocenters. The normalized spacial score (nSPS) is 12.5. The van der Waals surface area contributed by atoms with E-state index in [9.17, 15) is 4.39 Å². The molecule has 0 amide bonds. The first kappa shape index (κ1) is 11.9. The number of ether oxygens (including phenoxy) is 2. The van der Waals surface area contributed by atoms with Crippen molar-refractivity contribution < 1.29 is 13.9 Å². The van der Waals surface area contributed by atoms with E-state index in [-0.39, 0.29) is 11.8 Å². The van der Waals surface area contributed by atoms with Gasteiger partial charge in [0, 0.05) is 17.8 Å². The molecule has 0 radical (unpaired) electrons. The second-order valence-corrected chi connectivity index (χ2v) is 4.45. The average molecular weight is 281 g/mol. The molecule has 1 heterocycles. The van der Waals surface area contributed by atoms with Crippen LogP contribution in [0.1, 0.15) is 0 Å². The maximum atomic E-state index is 13.4. The fraction of sp³-hybridized carbons (Fsp3) is 0.0769. The predicted molar refractivity (Wildman–Crippen MR) is 71.7 cm³/mol. The van der Waals surface area contributed by atoms with Gasteiger partial charge in [-0.05, 0) is 18.2 Å². The van der Waals surface area contributed by atoms with E-state index in [0.29, 0.717) is 22.9 Å². The summed E-state index contributed by atoms with van der Waals surface area (Å²) in [5.74, 6) is 0.790. The number of halogens is 2. The summed E-state index contributed by atoms with van der Waals surface area (Å²) in [4.78, 5) is 0. The zero-order chi connectivity index (χ0) is 13.4. The van der Waals surface area contributed by atoms with Gasteiger partial charge in [-0.15, -0.1) is 0 Å². The molecule has 2 aromatic carbocycles. The number of hydrogen-bond acceptors (Lipinski definition) is 4. The van der Waals surface area contributed by atoms with Crippen LogP contribution in [0.4, 0.5) is 21.5 Å². The highest BCUT2D eigenvalue weighted by Gasteiger charge is 2.14. The molecule has 0 aromatic heterocycles. The van der Waals surface area contributed by atoms with Crippen LogP contribution >= 0.6 is 11.6 Å². The van der Waals surface area contributed by atoms with Crippen LogP contribution in [0.2, 0.25) is 5.02 Å². The highest BCUT2D eigenvalue weighted by molar-refractivity contribution is 6.31. The lowest BCUT2D eigenvalue weighted by Gasteiger charge is -2.10. The number of benzene rings is 2. The van der Waals surface area contributed by atoms with E-state index in [0.717, 1.165) is 5.69 Å². The third kappa shape index (κ3) is 2.24. The van der Waals surface area contributed by atoms with Gasteiger partial charge in [0.25, 0.3) is 0 Å². The molecule has 1 aliphatic rings. The Morgan fingerprint density at radius 2 is 1.95 bits per heavy atom. The van der Waals surface area contributed by atoms with Gasteiger partial charge in [-0.3, -0.25) is 0 Å². The van der Waals surface area contributed by atoms with Crippen LogP contribution in [-0.4, -0.2) is 6.79 Å². The van der Waals surface area contributed by atoms with E-state index >= 15 is 0 Å². The second kappa shape index (κ2) is 4.51. The summed E-state index contributed by atoms with van der Waals surface area (Å²) in [5, 5.41) is 3.00. The monoisotopic (exact) mass is 280 g/mol. The number of hydrogen-bond donors (Lipinski definition) is 2. The highest BCUT2D eigenvalue weighted by atomic mass is 35.5. The van der Waals surface area contributed by atoms with Gasteiger partial charge >= 0.3 is 0 Å². The Morgan fingerprint density at radius 1 is 1.16 bits per heavy atom.